The van der Waals surface area contributed by atoms with Gasteiger partial charge in [-0.15, -0.1) is 0 Å². The van der Waals surface area contributed by atoms with E-state index >= 15 is 0 Å². The van der Waals surface area contributed by atoms with Gasteiger partial charge in [0.1, 0.15) is 0 Å². The number of amides is 1. The van der Waals surface area contributed by atoms with Gasteiger partial charge in [-0.1, -0.05) is 0 Å². The molecule has 18 heavy (non-hydrogen) atoms. The standard InChI is InChI=1S/C11H17F3N2OS/c1-16(8-2-5-18-6-8)9(17)10(11(12,13)14)3-4-15-7-10/h8,15H,2-7H2,1H3. The van der Waals surface area contributed by atoms with Crippen LogP contribution in [0.15, 0.2) is 0 Å². The molecule has 0 saturated carbocycles. The van der Waals surface area contributed by atoms with E-state index in [-0.39, 0.29) is 25.6 Å². The number of carbonyl (C=O) groups is 1. The molecule has 2 rings (SSSR count). The van der Waals surface area contributed by atoms with Crippen molar-refractivity contribution < 1.29 is 18.0 Å². The first-order chi connectivity index (χ1) is 8.38. The fourth-order valence-corrected chi connectivity index (χ4v) is 3.84. The number of alkyl halides is 3. The van der Waals surface area contributed by atoms with Crippen LogP contribution in [0.2, 0.25) is 0 Å². The third kappa shape index (κ3) is 2.22. The molecule has 2 heterocycles. The number of thioether (sulfide) groups is 1. The second-order valence-electron chi connectivity index (χ2n) is 4.94. The largest absolute Gasteiger partial charge is 0.404 e. The Balaban J connectivity index is 2.18. The van der Waals surface area contributed by atoms with Crippen molar-refractivity contribution in [3.05, 3.63) is 0 Å². The predicted octanol–water partition coefficient (Wildman–Crippen LogP) is 1.49. The molecule has 2 saturated heterocycles. The molecule has 2 aliphatic rings. The van der Waals surface area contributed by atoms with Crippen LogP contribution >= 0.6 is 11.8 Å². The van der Waals surface area contributed by atoms with E-state index in [0.717, 1.165) is 17.9 Å². The van der Waals surface area contributed by atoms with Crippen LogP contribution in [0.1, 0.15) is 12.8 Å². The van der Waals surface area contributed by atoms with Crippen molar-refractivity contribution in [2.24, 2.45) is 5.41 Å². The number of hydrogen-bond donors (Lipinski definition) is 1. The Kier molecular flexibility index (Phi) is 3.82. The van der Waals surface area contributed by atoms with Crippen LogP contribution in [0.25, 0.3) is 0 Å². The molecule has 2 atom stereocenters. The van der Waals surface area contributed by atoms with E-state index in [1.54, 1.807) is 11.8 Å². The van der Waals surface area contributed by atoms with Crippen LogP contribution in [0.5, 0.6) is 0 Å². The molecule has 7 heteroatoms. The van der Waals surface area contributed by atoms with Crippen molar-refractivity contribution in [3.8, 4) is 0 Å². The second kappa shape index (κ2) is 4.92. The zero-order chi connectivity index (χ0) is 13.4. The summed E-state index contributed by atoms with van der Waals surface area (Å²) in [6.07, 6.45) is -3.85. The van der Waals surface area contributed by atoms with Crippen molar-refractivity contribution in [2.75, 3.05) is 31.6 Å². The SMILES string of the molecule is CN(C(=O)C1(C(F)(F)F)CCNC1)C1CCSC1. The molecule has 2 unspecified atom stereocenters. The molecule has 0 aromatic rings. The second-order valence-corrected chi connectivity index (χ2v) is 6.09. The van der Waals surface area contributed by atoms with E-state index < -0.39 is 17.5 Å². The first-order valence-corrected chi connectivity index (χ1v) is 7.16. The number of rotatable bonds is 2. The summed E-state index contributed by atoms with van der Waals surface area (Å²) in [4.78, 5) is 13.6. The van der Waals surface area contributed by atoms with Crippen LogP contribution in [0.4, 0.5) is 13.2 Å². The first kappa shape index (κ1) is 14.0. The van der Waals surface area contributed by atoms with Gasteiger partial charge in [0.15, 0.2) is 5.41 Å². The van der Waals surface area contributed by atoms with E-state index in [4.69, 9.17) is 0 Å². The molecule has 2 aliphatic heterocycles. The van der Waals surface area contributed by atoms with Crippen molar-refractivity contribution in [3.63, 3.8) is 0 Å². The third-order valence-corrected chi connectivity index (χ3v) is 5.03. The number of nitrogens with zero attached hydrogens (tertiary/aromatic N) is 1. The minimum absolute atomic E-state index is 0.0534. The maximum atomic E-state index is 13.2. The lowest BCUT2D eigenvalue weighted by Crippen LogP contribution is -2.55. The molecule has 3 nitrogen and oxygen atoms in total. The maximum Gasteiger partial charge on any atom is 0.404 e. The quantitative estimate of drug-likeness (QED) is 0.833. The summed E-state index contributed by atoms with van der Waals surface area (Å²) >= 11 is 1.69. The van der Waals surface area contributed by atoms with E-state index in [2.05, 4.69) is 5.32 Å². The van der Waals surface area contributed by atoms with Crippen LogP contribution in [-0.2, 0) is 4.79 Å². The predicted molar refractivity (Wildman–Crippen MR) is 64.5 cm³/mol. The van der Waals surface area contributed by atoms with Gasteiger partial charge in [-0.3, -0.25) is 4.79 Å². The van der Waals surface area contributed by atoms with Gasteiger partial charge in [-0.05, 0) is 25.1 Å². The Labute approximate surface area is 108 Å². The Morgan fingerprint density at radius 3 is 2.67 bits per heavy atom. The van der Waals surface area contributed by atoms with Gasteiger partial charge in [0.05, 0.1) is 0 Å². The Bertz CT molecular complexity index is 323. The van der Waals surface area contributed by atoms with Crippen LogP contribution < -0.4 is 5.32 Å². The Morgan fingerprint density at radius 2 is 2.22 bits per heavy atom. The van der Waals surface area contributed by atoms with Gasteiger partial charge < -0.3 is 10.2 Å². The minimum atomic E-state index is -4.48. The summed E-state index contributed by atoms with van der Waals surface area (Å²) in [7, 11) is 1.50. The molecule has 0 bridgehead atoms. The molecular formula is C11H17F3N2OS. The fourth-order valence-electron chi connectivity index (χ4n) is 2.57. The molecule has 1 N–H and O–H groups in total. The number of carbonyl (C=O) groups excluding carboxylic acids is 1. The smallest absolute Gasteiger partial charge is 0.341 e. The normalized spacial score (nSPS) is 32.8. The lowest BCUT2D eigenvalue weighted by Gasteiger charge is -2.35. The molecule has 2 fully saturated rings. The Morgan fingerprint density at radius 1 is 1.50 bits per heavy atom. The van der Waals surface area contributed by atoms with Gasteiger partial charge in [0.25, 0.3) is 0 Å². The summed E-state index contributed by atoms with van der Waals surface area (Å²) < 4.78 is 39.7. The molecule has 104 valence electrons. The van der Waals surface area contributed by atoms with Crippen molar-refractivity contribution in [1.82, 2.24) is 10.2 Å². The molecule has 0 aliphatic carbocycles. The number of nitrogens with one attached hydrogen (secondary N) is 1. The van der Waals surface area contributed by atoms with E-state index in [1.165, 1.54) is 11.9 Å². The van der Waals surface area contributed by atoms with Crippen molar-refractivity contribution in [1.29, 1.82) is 0 Å². The topological polar surface area (TPSA) is 32.3 Å². The van der Waals surface area contributed by atoms with E-state index in [1.807, 2.05) is 0 Å². The van der Waals surface area contributed by atoms with Gasteiger partial charge in [0, 0.05) is 25.4 Å². The summed E-state index contributed by atoms with van der Waals surface area (Å²) in [5.74, 6) is 0.885. The average molecular weight is 282 g/mol. The zero-order valence-corrected chi connectivity index (χ0v) is 11.0. The lowest BCUT2D eigenvalue weighted by atomic mass is 9.84. The molecule has 0 aromatic carbocycles. The summed E-state index contributed by atoms with van der Waals surface area (Å²) in [6, 6.07) is -0.0534. The van der Waals surface area contributed by atoms with Crippen LogP contribution in [0.3, 0.4) is 0 Å². The first-order valence-electron chi connectivity index (χ1n) is 6.01. The van der Waals surface area contributed by atoms with E-state index in [9.17, 15) is 18.0 Å². The van der Waals surface area contributed by atoms with Gasteiger partial charge in [-0.2, -0.15) is 24.9 Å². The van der Waals surface area contributed by atoms with Gasteiger partial charge in [0.2, 0.25) is 5.91 Å². The van der Waals surface area contributed by atoms with Crippen molar-refractivity contribution >= 4 is 17.7 Å². The van der Waals surface area contributed by atoms with Crippen LogP contribution in [0, 0.1) is 5.41 Å². The fraction of sp³-hybridized carbons (Fsp3) is 0.909. The Hall–Kier alpha value is -0.430. The highest BCUT2D eigenvalue weighted by atomic mass is 32.2. The van der Waals surface area contributed by atoms with Crippen molar-refractivity contribution in [2.45, 2.75) is 25.1 Å². The summed E-state index contributed by atoms with van der Waals surface area (Å²) in [5.41, 5.74) is -2.21. The minimum Gasteiger partial charge on any atom is -0.341 e. The van der Waals surface area contributed by atoms with Gasteiger partial charge >= 0.3 is 6.18 Å². The molecule has 0 radical (unpaired) electrons. The molecule has 0 aromatic heterocycles. The number of halogens is 3. The monoisotopic (exact) mass is 282 g/mol. The highest BCUT2D eigenvalue weighted by molar-refractivity contribution is 7.99. The van der Waals surface area contributed by atoms with Crippen LogP contribution in [-0.4, -0.2) is 54.7 Å². The zero-order valence-electron chi connectivity index (χ0n) is 10.2. The molecular weight excluding hydrogens is 265 g/mol. The highest BCUT2D eigenvalue weighted by Crippen LogP contribution is 2.44. The van der Waals surface area contributed by atoms with Gasteiger partial charge in [-0.25, -0.2) is 0 Å². The maximum absolute atomic E-state index is 13.2. The van der Waals surface area contributed by atoms with E-state index in [0.29, 0.717) is 0 Å². The molecule has 0 spiro atoms. The number of hydrogen-bond acceptors (Lipinski definition) is 3. The summed E-state index contributed by atoms with van der Waals surface area (Å²) in [5, 5.41) is 2.67. The summed E-state index contributed by atoms with van der Waals surface area (Å²) in [6.45, 7) is -0.0436. The third-order valence-electron chi connectivity index (χ3n) is 3.88. The lowest BCUT2D eigenvalue weighted by molar-refractivity contribution is -0.221. The average Bonchev–Trinajstić information content (AvgIpc) is 2.97. The highest BCUT2D eigenvalue weighted by Gasteiger charge is 2.62. The molecule has 1 amide bonds.